The van der Waals surface area contributed by atoms with E-state index >= 15 is 0 Å². The molecule has 4 aromatic rings. The van der Waals surface area contributed by atoms with Gasteiger partial charge in [0.05, 0.1) is 19.0 Å². The Kier molecular flexibility index (Phi) is 6.55. The van der Waals surface area contributed by atoms with Gasteiger partial charge >= 0.3 is 13.7 Å². The molecule has 0 spiro atoms. The smallest absolute Gasteiger partial charge is 0.459 e. The molecule has 13 heteroatoms. The molecule has 1 aliphatic carbocycles. The number of carboxylic acid groups (broad SMARTS) is 1. The van der Waals surface area contributed by atoms with E-state index in [4.69, 9.17) is 14.8 Å². The van der Waals surface area contributed by atoms with E-state index < -0.39 is 19.8 Å². The van der Waals surface area contributed by atoms with E-state index in [0.29, 0.717) is 17.8 Å². The maximum atomic E-state index is 13.7. The van der Waals surface area contributed by atoms with Crippen LogP contribution in [0, 0.1) is 5.92 Å². The molecule has 1 unspecified atom stereocenters. The molecule has 0 bridgehead atoms. The van der Waals surface area contributed by atoms with Crippen molar-refractivity contribution in [3.8, 4) is 11.6 Å². The Bertz CT molecular complexity index is 1550. The van der Waals surface area contributed by atoms with Crippen LogP contribution in [-0.4, -0.2) is 48.4 Å². The van der Waals surface area contributed by atoms with Crippen LogP contribution in [0.5, 0.6) is 11.6 Å². The van der Waals surface area contributed by atoms with Crippen LogP contribution in [0.1, 0.15) is 19.4 Å². The van der Waals surface area contributed by atoms with E-state index in [1.54, 1.807) is 23.0 Å². The highest BCUT2D eigenvalue weighted by atomic mass is 31.2. The van der Waals surface area contributed by atoms with Gasteiger partial charge in [0, 0.05) is 11.3 Å². The number of nitrogen functional groups attached to an aromatic ring is 1. The number of aromatic hydroxyl groups is 1. The quantitative estimate of drug-likeness (QED) is 0.186. The predicted molar refractivity (Wildman–Crippen MR) is 136 cm³/mol. The van der Waals surface area contributed by atoms with Crippen LogP contribution in [0.25, 0.3) is 21.9 Å². The summed E-state index contributed by atoms with van der Waals surface area (Å²) in [6, 6.07) is 11.4. The summed E-state index contributed by atoms with van der Waals surface area (Å²) >= 11 is 0. The number of hydrogen-bond acceptors (Lipinski definition) is 9. The standard InChI is InChI=1S/C24H25N6O6P/c1-14(23(32)33)29-37(34,36-19-8-4-6-16-5-2-3-7-18(16)19)35-12-15-9-10-17(11-15)30-13-26-20-21(30)27-24(25)28-22(20)31/h2-10,13-15,17H,11-12H2,1H3,(H,29,34)(H,32,33)(H3,25,27,28,31)/t14-,15+,17-,37?/m0/s1. The first-order chi connectivity index (χ1) is 17.7. The zero-order chi connectivity index (χ0) is 26.2. The number of rotatable bonds is 9. The fraction of sp³-hybridized carbons (Fsp3) is 0.250. The van der Waals surface area contributed by atoms with Crippen LogP contribution in [0.15, 0.2) is 60.9 Å². The number of aliphatic carboxylic acids is 1. The van der Waals surface area contributed by atoms with E-state index in [1.165, 1.54) is 6.92 Å². The molecule has 5 N–H and O–H groups in total. The summed E-state index contributed by atoms with van der Waals surface area (Å²) in [5.41, 5.74) is 6.31. The van der Waals surface area contributed by atoms with E-state index in [0.717, 1.165) is 10.8 Å². The summed E-state index contributed by atoms with van der Waals surface area (Å²) in [5, 5.41) is 23.5. The number of nitrogens with two attached hydrogens (primary N) is 1. The molecule has 0 saturated carbocycles. The van der Waals surface area contributed by atoms with Crippen molar-refractivity contribution < 1.29 is 28.6 Å². The van der Waals surface area contributed by atoms with Crippen molar-refractivity contribution in [2.75, 3.05) is 12.3 Å². The van der Waals surface area contributed by atoms with Gasteiger partial charge in [0.2, 0.25) is 11.8 Å². The Morgan fingerprint density at radius 2 is 2.03 bits per heavy atom. The zero-order valence-electron chi connectivity index (χ0n) is 19.8. The average molecular weight is 524 g/mol. The number of imidazole rings is 1. The van der Waals surface area contributed by atoms with Crippen molar-refractivity contribution in [3.05, 3.63) is 60.9 Å². The zero-order valence-corrected chi connectivity index (χ0v) is 20.7. The van der Waals surface area contributed by atoms with Gasteiger partial charge < -0.3 is 25.0 Å². The lowest BCUT2D eigenvalue weighted by atomic mass is 10.1. The summed E-state index contributed by atoms with van der Waals surface area (Å²) < 4.78 is 27.1. The summed E-state index contributed by atoms with van der Waals surface area (Å²) in [6.07, 6.45) is 5.93. The molecule has 2 heterocycles. The number of nitrogens with one attached hydrogen (secondary N) is 1. The van der Waals surface area contributed by atoms with Gasteiger partial charge in [-0.15, -0.1) is 0 Å². The van der Waals surface area contributed by atoms with E-state index in [2.05, 4.69) is 20.0 Å². The SMILES string of the molecule is C[C@H](NP(=O)(OC[C@@H]1C=C[C@H](n2cnc3c(O)nc(N)nc32)C1)Oc1cccc2ccccc12)C(=O)O. The highest BCUT2D eigenvalue weighted by molar-refractivity contribution is 7.52. The van der Waals surface area contributed by atoms with Crippen LogP contribution in [0.3, 0.4) is 0 Å². The molecule has 12 nitrogen and oxygen atoms in total. The Morgan fingerprint density at radius 1 is 1.24 bits per heavy atom. The summed E-state index contributed by atoms with van der Waals surface area (Å²) in [7, 11) is -4.09. The van der Waals surface area contributed by atoms with Crippen LogP contribution < -0.4 is 15.3 Å². The molecule has 5 rings (SSSR count). The highest BCUT2D eigenvalue weighted by Gasteiger charge is 2.34. The van der Waals surface area contributed by atoms with Crippen molar-refractivity contribution in [3.63, 3.8) is 0 Å². The Labute approximate surface area is 211 Å². The predicted octanol–water partition coefficient (Wildman–Crippen LogP) is 3.65. The number of aromatic nitrogens is 4. The second-order valence-electron chi connectivity index (χ2n) is 8.73. The summed E-state index contributed by atoms with van der Waals surface area (Å²) in [5.74, 6) is -1.41. The largest absolute Gasteiger partial charge is 0.492 e. The van der Waals surface area contributed by atoms with Crippen molar-refractivity contribution >= 4 is 41.6 Å². The third-order valence-corrected chi connectivity index (χ3v) is 7.71. The molecule has 0 amide bonds. The number of allylic oxidation sites excluding steroid dienone is 1. The maximum Gasteiger partial charge on any atom is 0.459 e. The van der Waals surface area contributed by atoms with E-state index in [-0.39, 0.29) is 35.9 Å². The van der Waals surface area contributed by atoms with Gasteiger partial charge in [-0.3, -0.25) is 9.32 Å². The number of carbonyl (C=O) groups is 1. The van der Waals surface area contributed by atoms with E-state index in [1.807, 2.05) is 42.5 Å². The fourth-order valence-corrected chi connectivity index (χ4v) is 5.79. The lowest BCUT2D eigenvalue weighted by molar-refractivity contribution is -0.138. The van der Waals surface area contributed by atoms with Crippen molar-refractivity contribution in [1.82, 2.24) is 24.6 Å². The topological polar surface area (TPSA) is 175 Å². The van der Waals surface area contributed by atoms with Crippen LogP contribution >= 0.6 is 7.75 Å². The maximum absolute atomic E-state index is 13.7. The first kappa shape index (κ1) is 24.7. The van der Waals surface area contributed by atoms with Gasteiger partial charge in [0.1, 0.15) is 11.8 Å². The second kappa shape index (κ2) is 9.81. The Balaban J connectivity index is 1.33. The fourth-order valence-electron chi connectivity index (χ4n) is 4.22. The van der Waals surface area contributed by atoms with Gasteiger partial charge in [0.15, 0.2) is 11.2 Å². The van der Waals surface area contributed by atoms with Gasteiger partial charge in [-0.05, 0) is 24.8 Å². The van der Waals surface area contributed by atoms with Gasteiger partial charge in [0.25, 0.3) is 0 Å². The van der Waals surface area contributed by atoms with Crippen molar-refractivity contribution in [2.24, 2.45) is 5.92 Å². The normalized spacial score (nSPS) is 19.7. The second-order valence-corrected chi connectivity index (χ2v) is 10.4. The minimum atomic E-state index is -4.09. The van der Waals surface area contributed by atoms with Crippen molar-refractivity contribution in [2.45, 2.75) is 25.4 Å². The molecule has 0 radical (unpaired) electrons. The Hall–Kier alpha value is -3.99. The molecule has 0 aliphatic heterocycles. The molecular formula is C24H25N6O6P. The summed E-state index contributed by atoms with van der Waals surface area (Å²) in [6.45, 7) is 1.37. The molecular weight excluding hydrogens is 499 g/mol. The molecule has 0 saturated heterocycles. The number of anilines is 1. The molecule has 192 valence electrons. The van der Waals surface area contributed by atoms with Gasteiger partial charge in [-0.25, -0.2) is 9.55 Å². The molecule has 1 aliphatic rings. The van der Waals surface area contributed by atoms with Crippen molar-refractivity contribution in [1.29, 1.82) is 0 Å². The molecule has 0 fully saturated rings. The van der Waals surface area contributed by atoms with Gasteiger partial charge in [-0.2, -0.15) is 15.1 Å². The number of benzene rings is 2. The molecule has 37 heavy (non-hydrogen) atoms. The third kappa shape index (κ3) is 5.12. The minimum absolute atomic E-state index is 0.00336. The summed E-state index contributed by atoms with van der Waals surface area (Å²) in [4.78, 5) is 23.6. The highest BCUT2D eigenvalue weighted by Crippen LogP contribution is 2.47. The van der Waals surface area contributed by atoms with Crippen LogP contribution in [0.4, 0.5) is 5.95 Å². The monoisotopic (exact) mass is 524 g/mol. The lowest BCUT2D eigenvalue weighted by Crippen LogP contribution is -2.33. The number of nitrogens with zero attached hydrogens (tertiary/aromatic N) is 4. The molecule has 4 atom stereocenters. The first-order valence-electron chi connectivity index (χ1n) is 11.5. The molecule has 2 aromatic heterocycles. The minimum Gasteiger partial charge on any atom is -0.492 e. The molecule has 2 aromatic carbocycles. The Morgan fingerprint density at radius 3 is 2.84 bits per heavy atom. The lowest BCUT2D eigenvalue weighted by Gasteiger charge is -2.24. The van der Waals surface area contributed by atoms with E-state index in [9.17, 15) is 19.6 Å². The number of fused-ring (bicyclic) bond motifs is 2. The average Bonchev–Trinajstić information content (AvgIpc) is 3.50. The van der Waals surface area contributed by atoms with Crippen LogP contribution in [-0.2, 0) is 13.9 Å². The number of hydrogen-bond donors (Lipinski definition) is 4. The third-order valence-electron chi connectivity index (χ3n) is 6.08. The number of carboxylic acids is 1. The van der Waals surface area contributed by atoms with Crippen LogP contribution in [0.2, 0.25) is 0 Å². The van der Waals surface area contributed by atoms with Gasteiger partial charge in [-0.1, -0.05) is 48.6 Å². The first-order valence-corrected chi connectivity index (χ1v) is 13.1.